The second kappa shape index (κ2) is 6.83. The van der Waals surface area contributed by atoms with Gasteiger partial charge in [-0.15, -0.1) is 12.4 Å². The normalized spacial score (nSPS) is 11.5. The maximum atomic E-state index is 12.7. The predicted molar refractivity (Wildman–Crippen MR) is 66.8 cm³/mol. The van der Waals surface area contributed by atoms with E-state index in [9.17, 15) is 9.18 Å². The molecule has 0 saturated carbocycles. The second-order valence-corrected chi connectivity index (χ2v) is 4.10. The van der Waals surface area contributed by atoms with Gasteiger partial charge in [-0.1, -0.05) is 22.0 Å². The summed E-state index contributed by atoms with van der Waals surface area (Å²) in [6.07, 6.45) is 0. The first-order valence-corrected chi connectivity index (χ1v) is 5.27. The highest BCUT2D eigenvalue weighted by molar-refractivity contribution is 9.10. The van der Waals surface area contributed by atoms with Gasteiger partial charge < -0.3 is 11.1 Å². The zero-order valence-corrected chi connectivity index (χ0v) is 11.1. The zero-order valence-electron chi connectivity index (χ0n) is 8.67. The van der Waals surface area contributed by atoms with Crippen molar-refractivity contribution < 1.29 is 9.18 Å². The number of rotatable bonds is 3. The molecule has 0 aromatic heterocycles. The van der Waals surface area contributed by atoms with Crippen molar-refractivity contribution in [3.63, 3.8) is 0 Å². The van der Waals surface area contributed by atoms with Crippen molar-refractivity contribution in [2.24, 2.45) is 5.73 Å². The molecule has 1 rings (SSSR count). The molecule has 0 unspecified atom stereocenters. The van der Waals surface area contributed by atoms with Crippen LogP contribution in [-0.4, -0.2) is 11.9 Å². The molecule has 0 fully saturated rings. The van der Waals surface area contributed by atoms with Gasteiger partial charge >= 0.3 is 0 Å². The van der Waals surface area contributed by atoms with Gasteiger partial charge in [0.15, 0.2) is 0 Å². The Hall–Kier alpha value is -0.650. The van der Waals surface area contributed by atoms with E-state index in [1.165, 1.54) is 12.1 Å². The molecule has 16 heavy (non-hydrogen) atoms. The van der Waals surface area contributed by atoms with Gasteiger partial charge in [-0.2, -0.15) is 0 Å². The quantitative estimate of drug-likeness (QED) is 0.897. The van der Waals surface area contributed by atoms with Gasteiger partial charge in [0, 0.05) is 11.0 Å². The lowest BCUT2D eigenvalue weighted by Gasteiger charge is -2.09. The summed E-state index contributed by atoms with van der Waals surface area (Å²) in [5.41, 5.74) is 6.19. The minimum absolute atomic E-state index is 0. The molecule has 6 heteroatoms. The summed E-state index contributed by atoms with van der Waals surface area (Å²) in [5, 5.41) is 2.64. The molecule has 1 aromatic rings. The molecule has 1 amide bonds. The molecule has 0 radical (unpaired) electrons. The topological polar surface area (TPSA) is 55.1 Å². The maximum absolute atomic E-state index is 12.7. The molecule has 90 valence electrons. The first-order valence-electron chi connectivity index (χ1n) is 4.48. The van der Waals surface area contributed by atoms with E-state index >= 15 is 0 Å². The number of hydrogen-bond acceptors (Lipinski definition) is 2. The van der Waals surface area contributed by atoms with E-state index in [2.05, 4.69) is 21.2 Å². The third kappa shape index (κ3) is 4.47. The monoisotopic (exact) mass is 310 g/mol. The Morgan fingerprint density at radius 1 is 1.62 bits per heavy atom. The van der Waals surface area contributed by atoms with E-state index in [-0.39, 0.29) is 24.1 Å². The van der Waals surface area contributed by atoms with E-state index in [0.717, 1.165) is 5.56 Å². The fourth-order valence-corrected chi connectivity index (χ4v) is 1.50. The minimum Gasteiger partial charge on any atom is -0.351 e. The Morgan fingerprint density at radius 3 is 2.75 bits per heavy atom. The molecule has 1 atom stereocenters. The fraction of sp³-hybridized carbons (Fsp3) is 0.300. The molecule has 1 aromatic carbocycles. The van der Waals surface area contributed by atoms with Crippen LogP contribution in [0.15, 0.2) is 22.7 Å². The Labute approximate surface area is 108 Å². The summed E-state index contributed by atoms with van der Waals surface area (Å²) in [6, 6.07) is 3.77. The zero-order chi connectivity index (χ0) is 11.4. The van der Waals surface area contributed by atoms with Gasteiger partial charge in [-0.25, -0.2) is 4.39 Å². The molecular formula is C10H13BrClFN2O. The smallest absolute Gasteiger partial charge is 0.236 e. The van der Waals surface area contributed by atoms with E-state index < -0.39 is 6.04 Å². The van der Waals surface area contributed by atoms with Crippen molar-refractivity contribution in [1.29, 1.82) is 0 Å². The summed E-state index contributed by atoms with van der Waals surface area (Å²) in [7, 11) is 0. The van der Waals surface area contributed by atoms with Gasteiger partial charge in [-0.05, 0) is 24.6 Å². The highest BCUT2D eigenvalue weighted by Gasteiger charge is 2.07. The van der Waals surface area contributed by atoms with E-state index in [4.69, 9.17) is 5.73 Å². The number of carbonyl (C=O) groups is 1. The summed E-state index contributed by atoms with van der Waals surface area (Å²) in [6.45, 7) is 1.94. The molecule has 0 aliphatic heterocycles. The molecular weight excluding hydrogens is 298 g/mol. The van der Waals surface area contributed by atoms with Crippen LogP contribution in [0.5, 0.6) is 0 Å². The lowest BCUT2D eigenvalue weighted by molar-refractivity contribution is -0.122. The van der Waals surface area contributed by atoms with E-state index in [0.29, 0.717) is 11.0 Å². The van der Waals surface area contributed by atoms with Crippen LogP contribution in [0, 0.1) is 5.82 Å². The first-order chi connectivity index (χ1) is 7.00. The predicted octanol–water partition coefficient (Wildman–Crippen LogP) is 1.97. The number of halogens is 3. The molecule has 0 spiro atoms. The van der Waals surface area contributed by atoms with Crippen molar-refractivity contribution in [2.45, 2.75) is 19.5 Å². The van der Waals surface area contributed by atoms with Gasteiger partial charge in [0.2, 0.25) is 5.91 Å². The van der Waals surface area contributed by atoms with Crippen LogP contribution in [0.25, 0.3) is 0 Å². The summed E-state index contributed by atoms with van der Waals surface area (Å²) in [5.74, 6) is -0.546. The van der Waals surface area contributed by atoms with Crippen molar-refractivity contribution in [3.05, 3.63) is 34.1 Å². The van der Waals surface area contributed by atoms with Crippen LogP contribution < -0.4 is 11.1 Å². The Balaban J connectivity index is 0.00000225. The Morgan fingerprint density at radius 2 is 2.25 bits per heavy atom. The van der Waals surface area contributed by atoms with Crippen LogP contribution >= 0.6 is 28.3 Å². The summed E-state index contributed by atoms with van der Waals surface area (Å²) in [4.78, 5) is 11.2. The van der Waals surface area contributed by atoms with Crippen LogP contribution in [0.4, 0.5) is 4.39 Å². The van der Waals surface area contributed by atoms with Gasteiger partial charge in [0.25, 0.3) is 0 Å². The highest BCUT2D eigenvalue weighted by Crippen LogP contribution is 2.17. The van der Waals surface area contributed by atoms with E-state index in [1.807, 2.05) is 0 Å². The average Bonchev–Trinajstić information content (AvgIpc) is 2.15. The Kier molecular flexibility index (Phi) is 6.55. The fourth-order valence-electron chi connectivity index (χ4n) is 1.01. The van der Waals surface area contributed by atoms with E-state index in [1.54, 1.807) is 13.0 Å². The van der Waals surface area contributed by atoms with Crippen molar-refractivity contribution >= 4 is 34.2 Å². The van der Waals surface area contributed by atoms with Gasteiger partial charge in [0.1, 0.15) is 5.82 Å². The molecule has 0 heterocycles. The lowest BCUT2D eigenvalue weighted by Crippen LogP contribution is -2.37. The number of hydrogen-bond donors (Lipinski definition) is 2. The second-order valence-electron chi connectivity index (χ2n) is 3.24. The summed E-state index contributed by atoms with van der Waals surface area (Å²) >= 11 is 3.21. The standard InChI is InChI=1S/C10H12BrFN2O.ClH/c1-6(13)10(15)14-5-7-2-3-8(12)4-9(7)11;/h2-4,6H,5,13H2,1H3,(H,14,15);1H/t6-;/m0./s1. The van der Waals surface area contributed by atoms with Crippen molar-refractivity contribution in [2.75, 3.05) is 0 Å². The SMILES string of the molecule is C[C@H](N)C(=O)NCc1ccc(F)cc1Br.Cl. The number of nitrogens with one attached hydrogen (secondary N) is 1. The summed E-state index contributed by atoms with van der Waals surface area (Å²) < 4.78 is 13.4. The van der Waals surface area contributed by atoms with Gasteiger partial charge in [-0.3, -0.25) is 4.79 Å². The molecule has 0 saturated heterocycles. The molecule has 0 aliphatic rings. The average molecular weight is 312 g/mol. The minimum atomic E-state index is -0.538. The molecule has 3 N–H and O–H groups in total. The highest BCUT2D eigenvalue weighted by atomic mass is 79.9. The maximum Gasteiger partial charge on any atom is 0.236 e. The molecule has 0 aliphatic carbocycles. The van der Waals surface area contributed by atoms with Crippen LogP contribution in [0.1, 0.15) is 12.5 Å². The van der Waals surface area contributed by atoms with Crippen molar-refractivity contribution in [3.8, 4) is 0 Å². The largest absolute Gasteiger partial charge is 0.351 e. The number of amides is 1. The van der Waals surface area contributed by atoms with Crippen LogP contribution in [0.2, 0.25) is 0 Å². The van der Waals surface area contributed by atoms with Crippen LogP contribution in [-0.2, 0) is 11.3 Å². The molecule has 0 bridgehead atoms. The number of nitrogens with two attached hydrogens (primary N) is 1. The third-order valence-electron chi connectivity index (χ3n) is 1.88. The first kappa shape index (κ1) is 15.3. The lowest BCUT2D eigenvalue weighted by atomic mass is 10.2. The number of benzene rings is 1. The third-order valence-corrected chi connectivity index (χ3v) is 2.62. The number of carbonyl (C=O) groups excluding carboxylic acids is 1. The Bertz CT molecular complexity index is 374. The van der Waals surface area contributed by atoms with Gasteiger partial charge in [0.05, 0.1) is 6.04 Å². The molecule has 3 nitrogen and oxygen atoms in total. The van der Waals surface area contributed by atoms with Crippen molar-refractivity contribution in [1.82, 2.24) is 5.32 Å². The van der Waals surface area contributed by atoms with Crippen LogP contribution in [0.3, 0.4) is 0 Å².